The Bertz CT molecular complexity index is 1740. The van der Waals surface area contributed by atoms with Gasteiger partial charge in [-0.05, 0) is 73.2 Å². The van der Waals surface area contributed by atoms with Gasteiger partial charge in [0, 0.05) is 0 Å². The van der Waals surface area contributed by atoms with E-state index in [1.165, 1.54) is 0 Å². The third kappa shape index (κ3) is 2.75. The van der Waals surface area contributed by atoms with Crippen LogP contribution in [0.4, 0.5) is 0 Å². The summed E-state index contributed by atoms with van der Waals surface area (Å²) in [5.41, 5.74) is 1.42. The number of fused-ring (bicyclic) bond motifs is 3. The van der Waals surface area contributed by atoms with E-state index in [1.54, 1.807) is 48.5 Å². The number of hydrogen-bond donors (Lipinski definition) is 0. The summed E-state index contributed by atoms with van der Waals surface area (Å²) in [4.78, 5) is 52.5. The first-order chi connectivity index (χ1) is 16.3. The van der Waals surface area contributed by atoms with Crippen molar-refractivity contribution >= 4 is 32.3 Å². The molecule has 2 aromatic heterocycles. The molecule has 164 valence electrons. The first-order valence-electron chi connectivity index (χ1n) is 10.9. The van der Waals surface area contributed by atoms with E-state index in [-0.39, 0.29) is 21.5 Å². The van der Waals surface area contributed by atoms with Crippen molar-refractivity contribution in [3.05, 3.63) is 125 Å². The molecule has 2 heterocycles. The molecule has 0 spiro atoms. The van der Waals surface area contributed by atoms with Crippen molar-refractivity contribution in [3.8, 4) is 11.4 Å². The fraction of sp³-hybridized carbons (Fsp3) is 0.0714. The van der Waals surface area contributed by atoms with Crippen LogP contribution in [-0.4, -0.2) is 9.13 Å². The van der Waals surface area contributed by atoms with Crippen LogP contribution in [0.15, 0.2) is 92.0 Å². The van der Waals surface area contributed by atoms with Crippen molar-refractivity contribution in [2.75, 3.05) is 0 Å². The zero-order valence-electron chi connectivity index (χ0n) is 18.5. The van der Waals surface area contributed by atoms with Crippen LogP contribution in [0.3, 0.4) is 0 Å². The maximum absolute atomic E-state index is 13.1. The van der Waals surface area contributed by atoms with Gasteiger partial charge in [-0.3, -0.25) is 19.2 Å². The van der Waals surface area contributed by atoms with E-state index >= 15 is 0 Å². The van der Waals surface area contributed by atoms with Crippen LogP contribution in [0.1, 0.15) is 11.1 Å². The highest BCUT2D eigenvalue weighted by atomic mass is 16.2. The van der Waals surface area contributed by atoms with E-state index < -0.39 is 22.2 Å². The second kappa shape index (κ2) is 6.96. The van der Waals surface area contributed by atoms with Crippen LogP contribution in [0.2, 0.25) is 0 Å². The molecule has 0 saturated carbocycles. The average molecular weight is 446 g/mol. The molecule has 0 bridgehead atoms. The Balaban J connectivity index is 1.64. The summed E-state index contributed by atoms with van der Waals surface area (Å²) in [7, 11) is 0. The predicted octanol–water partition coefficient (Wildman–Crippen LogP) is 3.66. The second-order valence-electron chi connectivity index (χ2n) is 8.71. The Morgan fingerprint density at radius 3 is 0.971 bits per heavy atom. The average Bonchev–Trinajstić information content (AvgIpc) is 3.21. The van der Waals surface area contributed by atoms with Gasteiger partial charge in [0.15, 0.2) is 0 Å². The fourth-order valence-corrected chi connectivity index (χ4v) is 4.58. The van der Waals surface area contributed by atoms with Crippen molar-refractivity contribution in [2.24, 2.45) is 0 Å². The molecular formula is C28H18N2O4. The summed E-state index contributed by atoms with van der Waals surface area (Å²) in [5.74, 6) is 0. The van der Waals surface area contributed by atoms with Crippen molar-refractivity contribution in [1.29, 1.82) is 0 Å². The third-order valence-electron chi connectivity index (χ3n) is 6.43. The molecule has 0 saturated heterocycles. The molecule has 0 N–H and O–H groups in total. The number of benzene rings is 4. The smallest absolute Gasteiger partial charge is 0.266 e. The largest absolute Gasteiger partial charge is 0.268 e. The van der Waals surface area contributed by atoms with E-state index in [2.05, 4.69) is 0 Å². The maximum atomic E-state index is 13.1. The van der Waals surface area contributed by atoms with Gasteiger partial charge in [0.2, 0.25) is 0 Å². The van der Waals surface area contributed by atoms with Crippen LogP contribution < -0.4 is 22.2 Å². The lowest BCUT2D eigenvalue weighted by molar-refractivity contribution is 0.989. The summed E-state index contributed by atoms with van der Waals surface area (Å²) >= 11 is 0. The zero-order chi connectivity index (χ0) is 23.7. The van der Waals surface area contributed by atoms with Gasteiger partial charge in [0.25, 0.3) is 22.2 Å². The lowest BCUT2D eigenvalue weighted by atomic mass is 10.0. The number of rotatable bonds is 2. The SMILES string of the molecule is Cc1ccc(-n2c(=O)c3cc4cc5c(=O)n(-c6ccc(C)cc6)c(=O)c5cc4cc3c2=O)cc1. The minimum Gasteiger partial charge on any atom is -0.268 e. The van der Waals surface area contributed by atoms with E-state index in [0.717, 1.165) is 20.3 Å². The highest BCUT2D eigenvalue weighted by molar-refractivity contribution is 6.04. The lowest BCUT2D eigenvalue weighted by Crippen LogP contribution is -2.23. The predicted molar refractivity (Wildman–Crippen MR) is 135 cm³/mol. The molecule has 0 amide bonds. The molecule has 0 radical (unpaired) electrons. The van der Waals surface area contributed by atoms with E-state index in [9.17, 15) is 19.2 Å². The fourth-order valence-electron chi connectivity index (χ4n) is 4.58. The normalized spacial score (nSPS) is 11.7. The van der Waals surface area contributed by atoms with Gasteiger partial charge in [0.1, 0.15) is 0 Å². The van der Waals surface area contributed by atoms with Gasteiger partial charge in [-0.1, -0.05) is 35.4 Å². The van der Waals surface area contributed by atoms with Crippen LogP contribution in [-0.2, 0) is 0 Å². The van der Waals surface area contributed by atoms with Gasteiger partial charge in [0.05, 0.1) is 32.9 Å². The van der Waals surface area contributed by atoms with Crippen LogP contribution in [0, 0.1) is 13.8 Å². The van der Waals surface area contributed by atoms with E-state index in [0.29, 0.717) is 22.1 Å². The van der Waals surface area contributed by atoms with Crippen molar-refractivity contribution in [1.82, 2.24) is 9.13 Å². The van der Waals surface area contributed by atoms with Crippen LogP contribution in [0.5, 0.6) is 0 Å². The standard InChI is InChI=1S/C28H18N2O4/c1-15-3-7-19(8-4-15)29-25(31)21-11-17-13-23-24(14-18(17)12-22(21)26(29)32)28(34)30(27(23)33)20-9-5-16(2)6-10-20/h3-14H,1-2H3. The van der Waals surface area contributed by atoms with E-state index in [1.807, 2.05) is 38.1 Å². The highest BCUT2D eigenvalue weighted by Crippen LogP contribution is 2.24. The first-order valence-corrected chi connectivity index (χ1v) is 10.9. The molecule has 0 fully saturated rings. The summed E-state index contributed by atoms with van der Waals surface area (Å²) in [6, 6.07) is 20.9. The zero-order valence-corrected chi connectivity index (χ0v) is 18.5. The molecule has 6 aromatic rings. The quantitative estimate of drug-likeness (QED) is 0.407. The minimum absolute atomic E-state index is 0.283. The van der Waals surface area contributed by atoms with Gasteiger partial charge in [-0.2, -0.15) is 0 Å². The molecule has 6 nitrogen and oxygen atoms in total. The van der Waals surface area contributed by atoms with Crippen molar-refractivity contribution in [2.45, 2.75) is 13.8 Å². The molecule has 0 atom stereocenters. The van der Waals surface area contributed by atoms with Gasteiger partial charge >= 0.3 is 0 Å². The van der Waals surface area contributed by atoms with Crippen LogP contribution >= 0.6 is 0 Å². The Labute approximate surface area is 192 Å². The van der Waals surface area contributed by atoms with Gasteiger partial charge < -0.3 is 0 Å². The number of hydrogen-bond acceptors (Lipinski definition) is 4. The second-order valence-corrected chi connectivity index (χ2v) is 8.71. The monoisotopic (exact) mass is 446 g/mol. The van der Waals surface area contributed by atoms with Crippen molar-refractivity contribution in [3.63, 3.8) is 0 Å². The number of aromatic nitrogens is 2. The Kier molecular flexibility index (Phi) is 4.10. The van der Waals surface area contributed by atoms with Gasteiger partial charge in [-0.25, -0.2) is 9.13 Å². The van der Waals surface area contributed by atoms with E-state index in [4.69, 9.17) is 0 Å². The molecule has 4 aromatic carbocycles. The molecular weight excluding hydrogens is 428 g/mol. The molecule has 0 aliphatic rings. The Morgan fingerprint density at radius 1 is 0.441 bits per heavy atom. The molecule has 34 heavy (non-hydrogen) atoms. The number of nitrogens with zero attached hydrogens (tertiary/aromatic N) is 2. The molecule has 6 rings (SSSR count). The van der Waals surface area contributed by atoms with Crippen LogP contribution in [0.25, 0.3) is 43.7 Å². The summed E-state index contributed by atoms with van der Waals surface area (Å²) in [5, 5.41) is 2.37. The summed E-state index contributed by atoms with van der Waals surface area (Å²) in [6.07, 6.45) is 0. The minimum atomic E-state index is -0.407. The number of aryl methyl sites for hydroxylation is 2. The highest BCUT2D eigenvalue weighted by Gasteiger charge is 2.18. The summed E-state index contributed by atoms with van der Waals surface area (Å²) in [6.45, 7) is 3.86. The summed E-state index contributed by atoms with van der Waals surface area (Å²) < 4.78 is 2.32. The Morgan fingerprint density at radius 2 is 0.706 bits per heavy atom. The lowest BCUT2D eigenvalue weighted by Gasteiger charge is -2.00. The topological polar surface area (TPSA) is 78.1 Å². The first kappa shape index (κ1) is 20.1. The maximum Gasteiger partial charge on any atom is 0.266 e. The van der Waals surface area contributed by atoms with Crippen molar-refractivity contribution < 1.29 is 0 Å². The molecule has 0 unspecified atom stereocenters. The molecule has 0 aliphatic heterocycles. The van der Waals surface area contributed by atoms with Gasteiger partial charge in [-0.15, -0.1) is 0 Å². The molecule has 6 heteroatoms. The molecule has 0 aliphatic carbocycles. The Hall–Kier alpha value is -4.58. The third-order valence-corrected chi connectivity index (χ3v) is 6.43.